The summed E-state index contributed by atoms with van der Waals surface area (Å²) in [5, 5.41) is 7.10. The number of amidine groups is 1. The van der Waals surface area contributed by atoms with Crippen molar-refractivity contribution < 1.29 is 4.79 Å². The number of hydrogen-bond donors (Lipinski definition) is 1. The molecule has 3 aromatic rings. The number of carbonyl (C=O) groups is 1. The molecule has 1 aromatic carbocycles. The summed E-state index contributed by atoms with van der Waals surface area (Å²) in [6.45, 7) is 0.587. The van der Waals surface area contributed by atoms with E-state index in [2.05, 4.69) is 15.3 Å². The summed E-state index contributed by atoms with van der Waals surface area (Å²) in [7, 11) is 0. The van der Waals surface area contributed by atoms with Gasteiger partial charge in [-0.25, -0.2) is 0 Å². The Morgan fingerprint density at radius 1 is 1.27 bits per heavy atom. The third-order valence-corrected chi connectivity index (χ3v) is 6.07. The van der Waals surface area contributed by atoms with Crippen LogP contribution < -0.4 is 5.32 Å². The van der Waals surface area contributed by atoms with Gasteiger partial charge >= 0.3 is 0 Å². The molecule has 1 fully saturated rings. The van der Waals surface area contributed by atoms with Crippen LogP contribution in [0.25, 0.3) is 10.9 Å². The van der Waals surface area contributed by atoms with E-state index in [1.807, 2.05) is 41.8 Å². The van der Waals surface area contributed by atoms with Gasteiger partial charge in [-0.05, 0) is 53.4 Å². The highest BCUT2D eigenvalue weighted by Crippen LogP contribution is 2.26. The second-order valence-corrected chi connectivity index (χ2v) is 8.14. The first-order chi connectivity index (χ1) is 12.7. The molecule has 0 bridgehead atoms. The fraction of sp³-hybridized carbons (Fsp3) is 0.105. The molecule has 0 radical (unpaired) electrons. The highest BCUT2D eigenvalue weighted by Gasteiger charge is 2.23. The number of pyridine rings is 1. The molecule has 0 unspecified atom stereocenters. The first-order valence-corrected chi connectivity index (χ1v) is 10.1. The molecular formula is C19H14ClN3OS2. The third kappa shape index (κ3) is 3.82. The molecule has 0 spiro atoms. The van der Waals surface area contributed by atoms with E-state index in [0.717, 1.165) is 16.5 Å². The summed E-state index contributed by atoms with van der Waals surface area (Å²) in [6.07, 6.45) is 4.27. The minimum atomic E-state index is -0.0968. The zero-order chi connectivity index (χ0) is 17.9. The van der Waals surface area contributed by atoms with Crippen LogP contribution in [-0.2, 0) is 17.8 Å². The fourth-order valence-electron chi connectivity index (χ4n) is 2.59. The molecule has 4 nitrogen and oxygen atoms in total. The van der Waals surface area contributed by atoms with Gasteiger partial charge in [0.25, 0.3) is 5.91 Å². The number of carbonyl (C=O) groups excluding carboxylic acids is 1. The average Bonchev–Trinajstić information content (AvgIpc) is 3.28. The number of amides is 1. The number of nitrogens with zero attached hydrogens (tertiary/aromatic N) is 2. The lowest BCUT2D eigenvalue weighted by Crippen LogP contribution is -2.19. The van der Waals surface area contributed by atoms with Gasteiger partial charge in [0.2, 0.25) is 0 Å². The second-order valence-electron chi connectivity index (χ2n) is 5.67. The number of aromatic nitrogens is 1. The lowest BCUT2D eigenvalue weighted by molar-refractivity contribution is -0.115. The van der Waals surface area contributed by atoms with Gasteiger partial charge in [0.1, 0.15) is 0 Å². The van der Waals surface area contributed by atoms with Crippen LogP contribution in [0.4, 0.5) is 0 Å². The van der Waals surface area contributed by atoms with Gasteiger partial charge in [-0.15, -0.1) is 11.3 Å². The largest absolute Gasteiger partial charge is 0.301 e. The SMILES string of the molecule is O=C1NC(=NCc2cccs2)S/C1=C\Cc1ccc2nccc(Cl)c2c1. The third-order valence-electron chi connectivity index (χ3n) is 3.89. The number of hydrogen-bond acceptors (Lipinski definition) is 5. The predicted octanol–water partition coefficient (Wildman–Crippen LogP) is 4.80. The van der Waals surface area contributed by atoms with Crippen molar-refractivity contribution in [1.82, 2.24) is 10.3 Å². The van der Waals surface area contributed by atoms with Crippen LogP contribution in [0.3, 0.4) is 0 Å². The van der Waals surface area contributed by atoms with E-state index in [4.69, 9.17) is 11.6 Å². The van der Waals surface area contributed by atoms with Gasteiger partial charge in [0, 0.05) is 16.5 Å². The monoisotopic (exact) mass is 399 g/mol. The average molecular weight is 400 g/mol. The normalized spacial score (nSPS) is 17.3. The summed E-state index contributed by atoms with van der Waals surface area (Å²) in [5.74, 6) is -0.0968. The Hall–Kier alpha value is -2.15. The van der Waals surface area contributed by atoms with Crippen molar-refractivity contribution in [3.63, 3.8) is 0 Å². The van der Waals surface area contributed by atoms with E-state index < -0.39 is 0 Å². The first-order valence-electron chi connectivity index (χ1n) is 7.98. The zero-order valence-corrected chi connectivity index (χ0v) is 16.0. The first kappa shape index (κ1) is 17.3. The van der Waals surface area contributed by atoms with Crippen molar-refractivity contribution in [2.45, 2.75) is 13.0 Å². The topological polar surface area (TPSA) is 54.4 Å². The number of halogens is 1. The van der Waals surface area contributed by atoms with Crippen molar-refractivity contribution in [2.75, 3.05) is 0 Å². The molecule has 0 aliphatic carbocycles. The number of rotatable bonds is 4. The van der Waals surface area contributed by atoms with Gasteiger partial charge in [-0.3, -0.25) is 14.8 Å². The summed E-state index contributed by atoms with van der Waals surface area (Å²) < 4.78 is 0. The highest BCUT2D eigenvalue weighted by molar-refractivity contribution is 8.18. The van der Waals surface area contributed by atoms with E-state index in [1.165, 1.54) is 16.6 Å². The van der Waals surface area contributed by atoms with Crippen molar-refractivity contribution in [2.24, 2.45) is 4.99 Å². The van der Waals surface area contributed by atoms with Gasteiger partial charge in [0.15, 0.2) is 5.17 Å². The standard InChI is InChI=1S/C19H14ClN3OS2/c20-15-7-8-21-16-5-3-12(10-14(15)16)4-6-17-18(24)23-19(26-17)22-11-13-2-1-9-25-13/h1-3,5-10H,4,11H2,(H,22,23,24)/b17-6-. The molecule has 1 N–H and O–H groups in total. The van der Waals surface area contributed by atoms with Crippen LogP contribution in [-0.4, -0.2) is 16.1 Å². The van der Waals surface area contributed by atoms with Gasteiger partial charge in [0.05, 0.1) is 22.0 Å². The Labute approximate surface area is 164 Å². The Balaban J connectivity index is 1.47. The number of thioether (sulfide) groups is 1. The molecule has 26 heavy (non-hydrogen) atoms. The number of fused-ring (bicyclic) bond motifs is 1. The van der Waals surface area contributed by atoms with Crippen LogP contribution in [0.5, 0.6) is 0 Å². The summed E-state index contributed by atoms with van der Waals surface area (Å²) in [5.41, 5.74) is 1.95. The minimum absolute atomic E-state index is 0.0968. The number of nitrogens with one attached hydrogen (secondary N) is 1. The molecular weight excluding hydrogens is 386 g/mol. The van der Waals surface area contributed by atoms with E-state index in [1.54, 1.807) is 23.6 Å². The van der Waals surface area contributed by atoms with E-state index in [-0.39, 0.29) is 5.91 Å². The molecule has 1 saturated heterocycles. The van der Waals surface area contributed by atoms with Crippen LogP contribution in [0.2, 0.25) is 5.02 Å². The molecule has 1 aliphatic heterocycles. The quantitative estimate of drug-likeness (QED) is 0.641. The van der Waals surface area contributed by atoms with E-state index in [9.17, 15) is 4.79 Å². The van der Waals surface area contributed by atoms with Crippen LogP contribution in [0.1, 0.15) is 10.4 Å². The Morgan fingerprint density at radius 2 is 2.19 bits per heavy atom. The molecule has 4 rings (SSSR count). The predicted molar refractivity (Wildman–Crippen MR) is 110 cm³/mol. The van der Waals surface area contributed by atoms with Gasteiger partial charge < -0.3 is 5.32 Å². The zero-order valence-electron chi connectivity index (χ0n) is 13.6. The highest BCUT2D eigenvalue weighted by atomic mass is 35.5. The van der Waals surface area contributed by atoms with Crippen LogP contribution in [0, 0.1) is 0 Å². The Bertz CT molecular complexity index is 1030. The minimum Gasteiger partial charge on any atom is -0.301 e. The van der Waals surface area contributed by atoms with Crippen LogP contribution in [0.15, 0.2) is 63.9 Å². The Morgan fingerprint density at radius 3 is 3.04 bits per heavy atom. The van der Waals surface area contributed by atoms with Gasteiger partial charge in [-0.1, -0.05) is 29.8 Å². The molecule has 3 heterocycles. The number of benzene rings is 1. The summed E-state index contributed by atoms with van der Waals surface area (Å²) >= 11 is 9.28. The molecule has 7 heteroatoms. The fourth-order valence-corrected chi connectivity index (χ4v) is 4.22. The number of allylic oxidation sites excluding steroid dienone is 1. The molecule has 130 valence electrons. The maximum absolute atomic E-state index is 12.1. The molecule has 0 atom stereocenters. The molecule has 0 saturated carbocycles. The molecule has 1 amide bonds. The van der Waals surface area contributed by atoms with E-state index in [0.29, 0.717) is 28.1 Å². The van der Waals surface area contributed by atoms with Crippen molar-refractivity contribution in [3.8, 4) is 0 Å². The lowest BCUT2D eigenvalue weighted by atomic mass is 10.1. The van der Waals surface area contributed by atoms with Crippen molar-refractivity contribution >= 4 is 56.7 Å². The van der Waals surface area contributed by atoms with Crippen LogP contribution >= 0.6 is 34.7 Å². The van der Waals surface area contributed by atoms with Crippen molar-refractivity contribution in [3.05, 3.63) is 74.4 Å². The molecule has 1 aliphatic rings. The lowest BCUT2D eigenvalue weighted by Gasteiger charge is -2.02. The van der Waals surface area contributed by atoms with E-state index >= 15 is 0 Å². The maximum Gasteiger partial charge on any atom is 0.263 e. The second kappa shape index (κ2) is 7.61. The molecule has 2 aromatic heterocycles. The van der Waals surface area contributed by atoms with Crippen molar-refractivity contribution in [1.29, 1.82) is 0 Å². The smallest absolute Gasteiger partial charge is 0.263 e. The maximum atomic E-state index is 12.1. The van der Waals surface area contributed by atoms with Gasteiger partial charge in [-0.2, -0.15) is 0 Å². The summed E-state index contributed by atoms with van der Waals surface area (Å²) in [6, 6.07) is 11.8. The summed E-state index contributed by atoms with van der Waals surface area (Å²) in [4.78, 5) is 22.7. The number of thiophene rings is 1. The number of aliphatic imine (C=N–C) groups is 1. The Kier molecular flexibility index (Phi) is 5.06.